The molecule has 20 heavy (non-hydrogen) atoms. The van der Waals surface area contributed by atoms with Crippen LogP contribution in [0.4, 0.5) is 14.5 Å². The zero-order chi connectivity index (χ0) is 14.5. The van der Waals surface area contributed by atoms with Crippen molar-refractivity contribution in [1.29, 1.82) is 0 Å². The second-order valence-electron chi connectivity index (χ2n) is 4.56. The second-order valence-corrected chi connectivity index (χ2v) is 4.56. The Labute approximate surface area is 115 Å². The fraction of sp³-hybridized carbons (Fsp3) is 0.429. The summed E-state index contributed by atoms with van der Waals surface area (Å²) < 4.78 is 28.4. The normalized spacial score (nSPS) is 14.1. The van der Waals surface area contributed by atoms with Crippen LogP contribution in [0, 0.1) is 0 Å². The fourth-order valence-corrected chi connectivity index (χ4v) is 2.04. The van der Waals surface area contributed by atoms with E-state index in [-0.39, 0.29) is 24.7 Å². The minimum atomic E-state index is -2.52. The van der Waals surface area contributed by atoms with E-state index in [0.29, 0.717) is 18.4 Å². The number of ketones is 1. The number of nitrogens with one attached hydrogen (secondary N) is 1. The van der Waals surface area contributed by atoms with Gasteiger partial charge in [-0.15, -0.1) is 0 Å². The molecule has 0 aromatic heterocycles. The van der Waals surface area contributed by atoms with Crippen LogP contribution in [0.3, 0.4) is 0 Å². The van der Waals surface area contributed by atoms with Gasteiger partial charge >= 0.3 is 0 Å². The number of aryl methyl sites for hydroxylation is 1. The van der Waals surface area contributed by atoms with Gasteiger partial charge in [0.05, 0.1) is 6.61 Å². The summed E-state index contributed by atoms with van der Waals surface area (Å²) in [5.74, 6) is -0.184. The van der Waals surface area contributed by atoms with Crippen molar-refractivity contribution < 1.29 is 23.1 Å². The van der Waals surface area contributed by atoms with Crippen LogP contribution in [0.5, 0.6) is 0 Å². The number of anilines is 1. The van der Waals surface area contributed by atoms with Crippen molar-refractivity contribution in [2.45, 2.75) is 25.7 Å². The zero-order valence-electron chi connectivity index (χ0n) is 10.8. The molecule has 0 fully saturated rings. The monoisotopic (exact) mass is 283 g/mol. The van der Waals surface area contributed by atoms with Gasteiger partial charge in [-0.1, -0.05) is 0 Å². The summed E-state index contributed by atoms with van der Waals surface area (Å²) in [6, 6.07) is 5.06. The molecule has 0 aliphatic carbocycles. The number of fused-ring (bicyclic) bond motifs is 1. The summed E-state index contributed by atoms with van der Waals surface area (Å²) in [6.45, 7) is -0.666. The summed E-state index contributed by atoms with van der Waals surface area (Å²) in [5.41, 5.74) is 2.16. The predicted molar refractivity (Wildman–Crippen MR) is 69.2 cm³/mol. The molecule has 0 atom stereocenters. The van der Waals surface area contributed by atoms with Crippen molar-refractivity contribution in [3.63, 3.8) is 0 Å². The summed E-state index contributed by atoms with van der Waals surface area (Å²) in [4.78, 5) is 23.1. The lowest BCUT2D eigenvalue weighted by atomic mass is 9.98. The lowest BCUT2D eigenvalue weighted by molar-refractivity contribution is -0.116. The molecule has 0 bridgehead atoms. The highest BCUT2D eigenvalue weighted by Crippen LogP contribution is 2.24. The maximum absolute atomic E-state index is 11.9. The average Bonchev–Trinajstić information content (AvgIpc) is 2.42. The molecule has 1 heterocycles. The lowest BCUT2D eigenvalue weighted by Gasteiger charge is -2.17. The van der Waals surface area contributed by atoms with Crippen LogP contribution in [-0.4, -0.2) is 31.3 Å². The second kappa shape index (κ2) is 6.56. The van der Waals surface area contributed by atoms with E-state index >= 15 is 0 Å². The minimum Gasteiger partial charge on any atom is -0.375 e. The number of amides is 1. The highest BCUT2D eigenvalue weighted by Gasteiger charge is 2.16. The molecular weight excluding hydrogens is 268 g/mol. The summed E-state index contributed by atoms with van der Waals surface area (Å²) in [6.07, 6.45) is -1.44. The Morgan fingerprint density at radius 1 is 1.35 bits per heavy atom. The van der Waals surface area contributed by atoms with E-state index in [2.05, 4.69) is 10.1 Å². The van der Waals surface area contributed by atoms with Crippen LogP contribution in [0.2, 0.25) is 0 Å². The molecule has 1 N–H and O–H groups in total. The first-order valence-electron chi connectivity index (χ1n) is 6.38. The number of rotatable bonds is 6. The van der Waals surface area contributed by atoms with Gasteiger partial charge in [0.1, 0.15) is 6.61 Å². The number of alkyl halides is 2. The third-order valence-electron chi connectivity index (χ3n) is 3.04. The van der Waals surface area contributed by atoms with E-state index in [1.54, 1.807) is 18.2 Å². The molecule has 1 aliphatic heterocycles. The maximum Gasteiger partial charge on any atom is 0.261 e. The first-order chi connectivity index (χ1) is 9.56. The molecule has 0 radical (unpaired) electrons. The van der Waals surface area contributed by atoms with Gasteiger partial charge in [-0.25, -0.2) is 8.78 Å². The molecule has 1 aromatic rings. The van der Waals surface area contributed by atoms with Crippen LogP contribution in [0.15, 0.2) is 18.2 Å². The topological polar surface area (TPSA) is 55.4 Å². The van der Waals surface area contributed by atoms with Gasteiger partial charge in [0.25, 0.3) is 6.43 Å². The number of ether oxygens (including phenoxy) is 1. The van der Waals surface area contributed by atoms with Gasteiger partial charge in [0.2, 0.25) is 5.91 Å². The Hall–Kier alpha value is -1.82. The zero-order valence-corrected chi connectivity index (χ0v) is 10.8. The van der Waals surface area contributed by atoms with E-state index in [0.717, 1.165) is 11.3 Å². The quantitative estimate of drug-likeness (QED) is 0.644. The predicted octanol–water partition coefficient (Wildman–Crippen LogP) is 2.43. The standard InChI is InChI=1S/C14H15F2NO3/c15-13(16)8-20-6-5-12(18)10-1-3-11-9(7-10)2-4-14(19)17-11/h1,3,7,13H,2,4-6,8H2,(H,17,19). The Balaban J connectivity index is 1.92. The number of hydrogen-bond donors (Lipinski definition) is 1. The first-order valence-corrected chi connectivity index (χ1v) is 6.38. The van der Waals surface area contributed by atoms with Crippen molar-refractivity contribution >= 4 is 17.4 Å². The molecule has 1 amide bonds. The van der Waals surface area contributed by atoms with Crippen LogP contribution in [-0.2, 0) is 16.0 Å². The Morgan fingerprint density at radius 2 is 2.15 bits per heavy atom. The third kappa shape index (κ3) is 3.84. The first kappa shape index (κ1) is 14.6. The Kier molecular flexibility index (Phi) is 4.79. The molecule has 6 heteroatoms. The smallest absolute Gasteiger partial charge is 0.261 e. The number of carbonyl (C=O) groups excluding carboxylic acids is 2. The molecule has 2 rings (SSSR count). The van der Waals surface area contributed by atoms with Crippen LogP contribution in [0.1, 0.15) is 28.8 Å². The highest BCUT2D eigenvalue weighted by atomic mass is 19.3. The van der Waals surface area contributed by atoms with E-state index in [9.17, 15) is 18.4 Å². The highest BCUT2D eigenvalue weighted by molar-refractivity contribution is 5.99. The Bertz CT molecular complexity index is 517. The number of Topliss-reactive ketones (excluding diaryl/α,β-unsaturated/α-hetero) is 1. The van der Waals surface area contributed by atoms with Gasteiger partial charge < -0.3 is 10.1 Å². The van der Waals surface area contributed by atoms with Crippen molar-refractivity contribution in [3.8, 4) is 0 Å². The fourth-order valence-electron chi connectivity index (χ4n) is 2.04. The number of benzene rings is 1. The van der Waals surface area contributed by atoms with Gasteiger partial charge in [-0.3, -0.25) is 9.59 Å². The van der Waals surface area contributed by atoms with Gasteiger partial charge in [0, 0.05) is 24.1 Å². The largest absolute Gasteiger partial charge is 0.375 e. The molecule has 0 saturated carbocycles. The molecule has 1 aliphatic rings. The number of hydrogen-bond acceptors (Lipinski definition) is 3. The van der Waals surface area contributed by atoms with Gasteiger partial charge in [-0.05, 0) is 30.2 Å². The molecule has 1 aromatic carbocycles. The SMILES string of the molecule is O=C1CCc2cc(C(=O)CCOCC(F)F)ccc2N1. The molecule has 0 unspecified atom stereocenters. The number of carbonyl (C=O) groups is 2. The maximum atomic E-state index is 11.9. The minimum absolute atomic E-state index is 0.0169. The van der Waals surface area contributed by atoms with Gasteiger partial charge in [0.15, 0.2) is 5.78 Å². The van der Waals surface area contributed by atoms with E-state index in [1.807, 2.05) is 0 Å². The van der Waals surface area contributed by atoms with Crippen molar-refractivity contribution in [2.75, 3.05) is 18.5 Å². The number of halogens is 2. The third-order valence-corrected chi connectivity index (χ3v) is 3.04. The summed E-state index contributed by atoms with van der Waals surface area (Å²) in [5, 5.41) is 2.73. The molecule has 0 saturated heterocycles. The van der Waals surface area contributed by atoms with E-state index in [4.69, 9.17) is 0 Å². The van der Waals surface area contributed by atoms with E-state index < -0.39 is 13.0 Å². The van der Waals surface area contributed by atoms with Crippen LogP contribution >= 0.6 is 0 Å². The van der Waals surface area contributed by atoms with Gasteiger partial charge in [-0.2, -0.15) is 0 Å². The molecular formula is C14H15F2NO3. The lowest BCUT2D eigenvalue weighted by Crippen LogP contribution is -2.19. The average molecular weight is 283 g/mol. The summed E-state index contributed by atoms with van der Waals surface area (Å²) >= 11 is 0. The van der Waals surface area contributed by atoms with Crippen molar-refractivity contribution in [1.82, 2.24) is 0 Å². The van der Waals surface area contributed by atoms with Crippen molar-refractivity contribution in [2.24, 2.45) is 0 Å². The molecule has 108 valence electrons. The van der Waals surface area contributed by atoms with Crippen molar-refractivity contribution in [3.05, 3.63) is 29.3 Å². The van der Waals surface area contributed by atoms with Crippen LogP contribution < -0.4 is 5.32 Å². The van der Waals surface area contributed by atoms with Crippen LogP contribution in [0.25, 0.3) is 0 Å². The summed E-state index contributed by atoms with van der Waals surface area (Å²) in [7, 11) is 0. The van der Waals surface area contributed by atoms with E-state index in [1.165, 1.54) is 0 Å². The molecule has 4 nitrogen and oxygen atoms in total. The molecule has 0 spiro atoms. The Morgan fingerprint density at radius 3 is 2.90 bits per heavy atom.